The first-order valence-corrected chi connectivity index (χ1v) is 12.5. The van der Waals surface area contributed by atoms with Crippen LogP contribution < -0.4 is 15.3 Å². The molecular weight excluding hydrogens is 535 g/mol. The Labute approximate surface area is 215 Å². The van der Waals surface area contributed by atoms with E-state index in [2.05, 4.69) is 20.0 Å². The van der Waals surface area contributed by atoms with Gasteiger partial charge in [-0.15, -0.1) is 0 Å². The van der Waals surface area contributed by atoms with Crippen molar-refractivity contribution in [2.24, 2.45) is 0 Å². The first-order chi connectivity index (χ1) is 18.0. The molecule has 1 aliphatic rings. The quantitative estimate of drug-likeness (QED) is 0.202. The maximum atomic E-state index is 15.2. The molecule has 0 radical (unpaired) electrons. The number of carbonyl (C=O) groups is 1. The van der Waals surface area contributed by atoms with Gasteiger partial charge in [0.2, 0.25) is 6.23 Å². The molecule has 206 valence electrons. The number of hydrogen-bond acceptors (Lipinski definition) is 10. The van der Waals surface area contributed by atoms with Crippen LogP contribution in [0.15, 0.2) is 43.0 Å². The van der Waals surface area contributed by atoms with Crippen LogP contribution in [0.1, 0.15) is 26.5 Å². The number of alkyl halides is 4. The highest BCUT2D eigenvalue weighted by Crippen LogP contribution is 2.52. The highest BCUT2D eigenvalue weighted by molar-refractivity contribution is 7.45. The topological polar surface area (TPSA) is 136 Å². The first kappa shape index (κ1) is 27.9. The lowest BCUT2D eigenvalue weighted by atomic mass is 10.00. The Balaban J connectivity index is 1.54. The maximum Gasteiger partial charge on any atom is 0.320 e. The van der Waals surface area contributed by atoms with E-state index >= 15 is 8.78 Å². The number of nitrogen functional groups attached to an aromatic ring is 1. The summed E-state index contributed by atoms with van der Waals surface area (Å²) in [5.74, 6) is -4.17. The maximum absolute atomic E-state index is 15.2. The number of halogens is 4. The SMILES string of the molecule is CC(C)OC(=O)CNP(OCC1(C(F)F)CC(F)(F)C(n2cnc3c(N)ncnc32)O1)Oc1ccccc1. The molecule has 16 heteroatoms. The van der Waals surface area contributed by atoms with Crippen LogP contribution in [-0.4, -0.2) is 62.7 Å². The molecule has 3 atom stereocenters. The van der Waals surface area contributed by atoms with Crippen LogP contribution >= 0.6 is 8.53 Å². The van der Waals surface area contributed by atoms with Gasteiger partial charge in [0.05, 0.1) is 25.5 Å². The predicted octanol–water partition coefficient (Wildman–Crippen LogP) is 3.83. The average Bonchev–Trinajstić information content (AvgIpc) is 3.40. The third kappa shape index (κ3) is 6.12. The summed E-state index contributed by atoms with van der Waals surface area (Å²) in [4.78, 5) is 23.5. The molecular formula is C22H25F4N6O5P. The molecule has 1 aliphatic heterocycles. The van der Waals surface area contributed by atoms with Crippen LogP contribution in [0.25, 0.3) is 11.2 Å². The van der Waals surface area contributed by atoms with Crippen molar-refractivity contribution in [1.29, 1.82) is 0 Å². The molecule has 38 heavy (non-hydrogen) atoms. The standard InChI is InChI=1S/C22H25F4N6O5P/c1-13(2)35-15(33)8-31-38(37-14-6-4-3-5-7-14)34-10-21(19(23)24)9-22(25,26)20(36-21)32-12-30-16-17(27)28-11-29-18(16)32/h3-7,11-13,19-20,31H,8-10H2,1-2H3,(H2,27,28,29). The monoisotopic (exact) mass is 560 g/mol. The molecule has 2 aromatic heterocycles. The van der Waals surface area contributed by atoms with Crippen molar-refractivity contribution in [1.82, 2.24) is 24.6 Å². The van der Waals surface area contributed by atoms with Crippen molar-refractivity contribution in [3.05, 3.63) is 43.0 Å². The molecule has 1 saturated heterocycles. The number of carbonyl (C=O) groups excluding carboxylic acids is 1. The van der Waals surface area contributed by atoms with E-state index in [-0.39, 0.29) is 29.6 Å². The highest BCUT2D eigenvalue weighted by Gasteiger charge is 2.63. The van der Waals surface area contributed by atoms with Crippen molar-refractivity contribution in [3.63, 3.8) is 0 Å². The van der Waals surface area contributed by atoms with Gasteiger partial charge in [0.15, 0.2) is 17.1 Å². The van der Waals surface area contributed by atoms with Gasteiger partial charge in [-0.2, -0.15) is 0 Å². The summed E-state index contributed by atoms with van der Waals surface area (Å²) in [7, 11) is -2.26. The fourth-order valence-electron chi connectivity index (χ4n) is 3.70. The molecule has 1 fully saturated rings. The molecule has 0 saturated carbocycles. The minimum Gasteiger partial charge on any atom is -0.462 e. The summed E-state index contributed by atoms with van der Waals surface area (Å²) < 4.78 is 81.4. The van der Waals surface area contributed by atoms with Gasteiger partial charge in [-0.05, 0) is 26.0 Å². The number of esters is 1. The van der Waals surface area contributed by atoms with E-state index in [0.717, 1.165) is 17.2 Å². The molecule has 4 rings (SSSR count). The molecule has 3 N–H and O–H groups in total. The summed E-state index contributed by atoms with van der Waals surface area (Å²) >= 11 is 0. The number of anilines is 1. The molecule has 0 bridgehead atoms. The van der Waals surface area contributed by atoms with Gasteiger partial charge in [-0.25, -0.2) is 37.6 Å². The van der Waals surface area contributed by atoms with Crippen LogP contribution in [-0.2, 0) is 18.8 Å². The minimum atomic E-state index is -3.76. The molecule has 0 spiro atoms. The molecule has 3 aromatic rings. The van der Waals surface area contributed by atoms with E-state index in [9.17, 15) is 13.6 Å². The fourth-order valence-corrected chi connectivity index (χ4v) is 4.81. The molecule has 3 heterocycles. The Morgan fingerprint density at radius 2 is 2.00 bits per heavy atom. The van der Waals surface area contributed by atoms with Crippen molar-refractivity contribution in [2.45, 2.75) is 50.5 Å². The predicted molar refractivity (Wildman–Crippen MR) is 127 cm³/mol. The zero-order chi connectivity index (χ0) is 27.5. The van der Waals surface area contributed by atoms with Crippen LogP contribution in [0.4, 0.5) is 23.4 Å². The molecule has 3 unspecified atom stereocenters. The second-order valence-electron chi connectivity index (χ2n) is 8.66. The largest absolute Gasteiger partial charge is 0.462 e. The van der Waals surface area contributed by atoms with Gasteiger partial charge in [0, 0.05) is 0 Å². The van der Waals surface area contributed by atoms with E-state index in [4.69, 9.17) is 24.3 Å². The van der Waals surface area contributed by atoms with E-state index in [1.54, 1.807) is 44.2 Å². The van der Waals surface area contributed by atoms with Crippen molar-refractivity contribution >= 4 is 31.5 Å². The third-order valence-electron chi connectivity index (χ3n) is 5.36. The second-order valence-corrected chi connectivity index (χ2v) is 9.94. The fraction of sp³-hybridized carbons (Fsp3) is 0.455. The summed E-state index contributed by atoms with van der Waals surface area (Å²) in [6.07, 6.45) is -5.28. The van der Waals surface area contributed by atoms with Crippen LogP contribution in [0.5, 0.6) is 5.75 Å². The Morgan fingerprint density at radius 1 is 1.26 bits per heavy atom. The summed E-state index contributed by atoms with van der Waals surface area (Å²) in [6, 6.07) is 8.19. The number of benzene rings is 1. The van der Waals surface area contributed by atoms with E-state index in [0.29, 0.717) is 5.75 Å². The first-order valence-electron chi connectivity index (χ1n) is 11.4. The lowest BCUT2D eigenvalue weighted by Crippen LogP contribution is -2.42. The normalized spacial score (nSPS) is 21.7. The Hall–Kier alpha value is -3.13. The number of para-hydroxylation sites is 1. The van der Waals surface area contributed by atoms with E-state index < -0.39 is 51.7 Å². The third-order valence-corrected chi connectivity index (χ3v) is 6.51. The molecule has 0 aliphatic carbocycles. The van der Waals surface area contributed by atoms with Crippen LogP contribution in [0.3, 0.4) is 0 Å². The Bertz CT molecular complexity index is 1250. The van der Waals surface area contributed by atoms with Gasteiger partial charge >= 0.3 is 14.5 Å². The lowest BCUT2D eigenvalue weighted by Gasteiger charge is -2.29. The number of fused-ring (bicyclic) bond motifs is 1. The highest BCUT2D eigenvalue weighted by atomic mass is 31.2. The Morgan fingerprint density at radius 3 is 2.68 bits per heavy atom. The molecule has 0 amide bonds. The summed E-state index contributed by atoms with van der Waals surface area (Å²) in [6.45, 7) is 1.95. The van der Waals surface area contributed by atoms with Gasteiger partial charge in [-0.3, -0.25) is 9.36 Å². The van der Waals surface area contributed by atoms with Crippen LogP contribution in [0, 0.1) is 0 Å². The lowest BCUT2D eigenvalue weighted by molar-refractivity contribution is -0.178. The number of ether oxygens (including phenoxy) is 2. The summed E-state index contributed by atoms with van der Waals surface area (Å²) in [5, 5.41) is 2.66. The number of hydrogen-bond donors (Lipinski definition) is 2. The Kier molecular flexibility index (Phi) is 8.31. The number of imidazole rings is 1. The van der Waals surface area contributed by atoms with Gasteiger partial charge in [0.1, 0.15) is 24.1 Å². The zero-order valence-electron chi connectivity index (χ0n) is 20.3. The van der Waals surface area contributed by atoms with Gasteiger partial charge in [-0.1, -0.05) is 18.2 Å². The average molecular weight is 560 g/mol. The smallest absolute Gasteiger partial charge is 0.320 e. The van der Waals surface area contributed by atoms with E-state index in [1.807, 2.05) is 0 Å². The number of aromatic nitrogens is 4. The number of rotatable bonds is 11. The molecule has 11 nitrogen and oxygen atoms in total. The number of nitrogens with zero attached hydrogens (tertiary/aromatic N) is 4. The van der Waals surface area contributed by atoms with Crippen molar-refractivity contribution in [2.75, 3.05) is 18.9 Å². The number of nitrogens with two attached hydrogens (primary N) is 1. The zero-order valence-corrected chi connectivity index (χ0v) is 21.2. The van der Waals surface area contributed by atoms with Crippen molar-refractivity contribution < 1.29 is 40.9 Å². The van der Waals surface area contributed by atoms with Gasteiger partial charge in [0.25, 0.3) is 12.3 Å². The molecule has 1 aromatic carbocycles. The summed E-state index contributed by atoms with van der Waals surface area (Å²) in [5.41, 5.74) is 2.91. The number of nitrogens with one attached hydrogen (secondary N) is 1. The van der Waals surface area contributed by atoms with Gasteiger partial charge < -0.3 is 24.3 Å². The van der Waals surface area contributed by atoms with Crippen LogP contribution in [0.2, 0.25) is 0 Å². The minimum absolute atomic E-state index is 0.0231. The van der Waals surface area contributed by atoms with E-state index in [1.165, 1.54) is 0 Å². The van der Waals surface area contributed by atoms with Crippen molar-refractivity contribution in [3.8, 4) is 5.75 Å². The second kappa shape index (κ2) is 11.3.